The minimum atomic E-state index is -0.608. The highest BCUT2D eigenvalue weighted by atomic mass is 16.5. The molecule has 0 fully saturated rings. The average molecular weight is 398 g/mol. The van der Waals surface area contributed by atoms with Crippen LogP contribution in [-0.2, 0) is 0 Å². The summed E-state index contributed by atoms with van der Waals surface area (Å²) < 4.78 is 10.8. The second-order valence-corrected chi connectivity index (χ2v) is 7.53. The molecule has 1 aromatic carbocycles. The summed E-state index contributed by atoms with van der Waals surface area (Å²) in [5, 5.41) is 21.1. The van der Waals surface area contributed by atoms with E-state index in [4.69, 9.17) is 9.15 Å². The first-order chi connectivity index (χ1) is 13.7. The monoisotopic (exact) mass is 398 g/mol. The van der Waals surface area contributed by atoms with E-state index in [0.29, 0.717) is 30.8 Å². The van der Waals surface area contributed by atoms with E-state index in [2.05, 4.69) is 0 Å². The standard InChI is InChI=1S/C24H30O5/c1-16(2)13-20(25)14-17(3)5-9-22(26)18(4)11-12-28-21-8-6-19-7-10-24(27)29-23(19)15-21/h5-8,10-11,13,15,20,22,25-26H,9,12,14H2,1-4H3/b17-5+,18-11+. The number of hydrogen-bond donors (Lipinski definition) is 2. The van der Waals surface area contributed by atoms with Gasteiger partial charge >= 0.3 is 5.63 Å². The van der Waals surface area contributed by atoms with Gasteiger partial charge in [0, 0.05) is 17.5 Å². The van der Waals surface area contributed by atoms with Gasteiger partial charge in [-0.3, -0.25) is 0 Å². The Morgan fingerprint density at radius 2 is 1.83 bits per heavy atom. The Bertz CT molecular complexity index is 961. The van der Waals surface area contributed by atoms with E-state index in [1.165, 1.54) is 6.07 Å². The van der Waals surface area contributed by atoms with Crippen molar-refractivity contribution in [1.82, 2.24) is 0 Å². The summed E-state index contributed by atoms with van der Waals surface area (Å²) in [5.74, 6) is 0.592. The Balaban J connectivity index is 1.88. The van der Waals surface area contributed by atoms with Gasteiger partial charge in [0.25, 0.3) is 0 Å². The summed E-state index contributed by atoms with van der Waals surface area (Å²) in [4.78, 5) is 11.3. The number of aliphatic hydroxyl groups is 2. The van der Waals surface area contributed by atoms with Crippen LogP contribution in [0.5, 0.6) is 5.75 Å². The normalized spacial score (nSPS) is 14.6. The van der Waals surface area contributed by atoms with Crippen LogP contribution in [0.4, 0.5) is 0 Å². The number of aliphatic hydroxyl groups excluding tert-OH is 2. The molecule has 0 aliphatic rings. The van der Waals surface area contributed by atoms with Crippen molar-refractivity contribution >= 4 is 11.0 Å². The zero-order valence-electron chi connectivity index (χ0n) is 17.5. The lowest BCUT2D eigenvalue weighted by atomic mass is 10.0. The molecule has 0 radical (unpaired) electrons. The third-order valence-corrected chi connectivity index (χ3v) is 4.52. The number of rotatable bonds is 9. The lowest BCUT2D eigenvalue weighted by molar-refractivity contribution is 0.210. The van der Waals surface area contributed by atoms with Crippen LogP contribution in [0.15, 0.2) is 74.5 Å². The maximum atomic E-state index is 11.3. The second-order valence-electron chi connectivity index (χ2n) is 7.53. The number of benzene rings is 1. The predicted octanol–water partition coefficient (Wildman–Crippen LogP) is 4.53. The molecule has 2 N–H and O–H groups in total. The molecule has 5 nitrogen and oxygen atoms in total. The van der Waals surface area contributed by atoms with E-state index in [0.717, 1.165) is 22.1 Å². The van der Waals surface area contributed by atoms with Crippen molar-refractivity contribution in [2.45, 2.75) is 52.7 Å². The maximum Gasteiger partial charge on any atom is 0.336 e. The molecular formula is C24H30O5. The average Bonchev–Trinajstić information content (AvgIpc) is 2.64. The first-order valence-corrected chi connectivity index (χ1v) is 9.74. The molecule has 5 heteroatoms. The Morgan fingerprint density at radius 1 is 1.10 bits per heavy atom. The van der Waals surface area contributed by atoms with Gasteiger partial charge in [-0.2, -0.15) is 0 Å². The predicted molar refractivity (Wildman–Crippen MR) is 116 cm³/mol. The number of hydrogen-bond acceptors (Lipinski definition) is 5. The first kappa shape index (κ1) is 22.7. The second kappa shape index (κ2) is 10.8. The number of ether oxygens (including phenoxy) is 1. The van der Waals surface area contributed by atoms with Crippen LogP contribution in [0.1, 0.15) is 40.5 Å². The molecule has 1 heterocycles. The largest absolute Gasteiger partial charge is 0.489 e. The van der Waals surface area contributed by atoms with Gasteiger partial charge < -0.3 is 19.4 Å². The zero-order chi connectivity index (χ0) is 21.4. The smallest absolute Gasteiger partial charge is 0.336 e. The molecular weight excluding hydrogens is 368 g/mol. The molecule has 0 aliphatic carbocycles. The van der Waals surface area contributed by atoms with Crippen LogP contribution in [0.2, 0.25) is 0 Å². The van der Waals surface area contributed by atoms with E-state index in [9.17, 15) is 15.0 Å². The van der Waals surface area contributed by atoms with Gasteiger partial charge in [-0.15, -0.1) is 0 Å². The molecule has 156 valence electrons. The molecule has 0 amide bonds. The fourth-order valence-electron chi connectivity index (χ4n) is 2.89. The Labute approximate surface area is 171 Å². The van der Waals surface area contributed by atoms with E-state index < -0.39 is 17.8 Å². The highest BCUT2D eigenvalue weighted by molar-refractivity contribution is 5.77. The first-order valence-electron chi connectivity index (χ1n) is 9.74. The van der Waals surface area contributed by atoms with Crippen LogP contribution in [-0.4, -0.2) is 29.0 Å². The SMILES string of the molecule is CC(C)=CC(O)C/C(C)=C/CC(O)/C(C)=C/COc1ccc2ccc(=O)oc2c1. The highest BCUT2D eigenvalue weighted by Gasteiger charge is 2.07. The van der Waals surface area contributed by atoms with Gasteiger partial charge in [0.05, 0.1) is 12.2 Å². The third-order valence-electron chi connectivity index (χ3n) is 4.52. The van der Waals surface area contributed by atoms with Crippen LogP contribution < -0.4 is 10.4 Å². The fourth-order valence-corrected chi connectivity index (χ4v) is 2.89. The zero-order valence-corrected chi connectivity index (χ0v) is 17.5. The van der Waals surface area contributed by atoms with E-state index in [1.807, 2.05) is 58.1 Å². The molecule has 0 saturated heterocycles. The van der Waals surface area contributed by atoms with Crippen LogP contribution in [0, 0.1) is 0 Å². The van der Waals surface area contributed by atoms with Crippen molar-refractivity contribution in [2.24, 2.45) is 0 Å². The van der Waals surface area contributed by atoms with Gasteiger partial charge in [-0.25, -0.2) is 4.79 Å². The minimum Gasteiger partial charge on any atom is -0.489 e. The Kier molecular flexibility index (Phi) is 8.43. The van der Waals surface area contributed by atoms with Crippen LogP contribution >= 0.6 is 0 Å². The van der Waals surface area contributed by atoms with E-state index in [1.54, 1.807) is 12.1 Å². The van der Waals surface area contributed by atoms with E-state index >= 15 is 0 Å². The van der Waals surface area contributed by atoms with Crippen LogP contribution in [0.25, 0.3) is 11.0 Å². The minimum absolute atomic E-state index is 0.299. The van der Waals surface area contributed by atoms with Crippen molar-refractivity contribution in [1.29, 1.82) is 0 Å². The molecule has 0 bridgehead atoms. The number of allylic oxidation sites excluding steroid dienone is 1. The summed E-state index contributed by atoms with van der Waals surface area (Å²) >= 11 is 0. The van der Waals surface area contributed by atoms with Gasteiger partial charge in [0.2, 0.25) is 0 Å². The summed E-state index contributed by atoms with van der Waals surface area (Å²) in [6.07, 6.45) is 5.55. The van der Waals surface area contributed by atoms with Crippen molar-refractivity contribution in [3.8, 4) is 5.75 Å². The molecule has 2 unspecified atom stereocenters. The molecule has 2 aromatic rings. The quantitative estimate of drug-likeness (QED) is 0.479. The van der Waals surface area contributed by atoms with Gasteiger partial charge in [0.15, 0.2) is 0 Å². The molecule has 0 saturated carbocycles. The fraction of sp³-hybridized carbons (Fsp3) is 0.375. The Morgan fingerprint density at radius 3 is 2.55 bits per heavy atom. The van der Waals surface area contributed by atoms with Crippen molar-refractivity contribution in [3.63, 3.8) is 0 Å². The molecule has 2 atom stereocenters. The molecule has 0 spiro atoms. The Hall–Kier alpha value is -2.63. The van der Waals surface area contributed by atoms with E-state index in [-0.39, 0.29) is 0 Å². The van der Waals surface area contributed by atoms with Crippen molar-refractivity contribution < 1.29 is 19.4 Å². The van der Waals surface area contributed by atoms with Crippen molar-refractivity contribution in [2.75, 3.05) is 6.61 Å². The van der Waals surface area contributed by atoms with Gasteiger partial charge in [0.1, 0.15) is 17.9 Å². The third kappa shape index (κ3) is 7.72. The van der Waals surface area contributed by atoms with Gasteiger partial charge in [-0.1, -0.05) is 23.3 Å². The molecule has 2 rings (SSSR count). The summed E-state index contributed by atoms with van der Waals surface area (Å²) in [7, 11) is 0. The van der Waals surface area contributed by atoms with Crippen LogP contribution in [0.3, 0.4) is 0 Å². The summed E-state index contributed by atoms with van der Waals surface area (Å²) in [6, 6.07) is 8.41. The summed E-state index contributed by atoms with van der Waals surface area (Å²) in [5.41, 5.74) is 3.01. The number of fused-ring (bicyclic) bond motifs is 1. The topological polar surface area (TPSA) is 79.9 Å². The van der Waals surface area contributed by atoms with Gasteiger partial charge in [-0.05, 0) is 70.4 Å². The highest BCUT2D eigenvalue weighted by Crippen LogP contribution is 2.20. The lowest BCUT2D eigenvalue weighted by Gasteiger charge is -2.12. The lowest BCUT2D eigenvalue weighted by Crippen LogP contribution is -2.09. The molecule has 1 aromatic heterocycles. The molecule has 29 heavy (non-hydrogen) atoms. The van der Waals surface area contributed by atoms with Crippen molar-refractivity contribution in [3.05, 3.63) is 75.7 Å². The summed E-state index contributed by atoms with van der Waals surface area (Å²) in [6.45, 7) is 8.02. The molecule has 0 aliphatic heterocycles. The maximum absolute atomic E-state index is 11.3.